The summed E-state index contributed by atoms with van der Waals surface area (Å²) in [6, 6.07) is 10.6. The van der Waals surface area contributed by atoms with Gasteiger partial charge in [-0.25, -0.2) is 9.97 Å². The number of nitrogens with zero attached hydrogens (tertiary/aromatic N) is 2. The molecule has 0 saturated heterocycles. The van der Waals surface area contributed by atoms with Gasteiger partial charge in [0.2, 0.25) is 0 Å². The van der Waals surface area contributed by atoms with Gasteiger partial charge in [-0.3, -0.25) is 0 Å². The summed E-state index contributed by atoms with van der Waals surface area (Å²) in [4.78, 5) is 8.41. The van der Waals surface area contributed by atoms with Crippen LogP contribution in [-0.2, 0) is 0 Å². The van der Waals surface area contributed by atoms with Gasteiger partial charge in [0, 0.05) is 12.1 Å². The maximum Gasteiger partial charge on any atom is 0.134 e. The van der Waals surface area contributed by atoms with Crippen molar-refractivity contribution in [3.8, 4) is 0 Å². The smallest absolute Gasteiger partial charge is 0.134 e. The van der Waals surface area contributed by atoms with Crippen LogP contribution < -0.4 is 11.1 Å². The molecule has 0 radical (unpaired) electrons. The Morgan fingerprint density at radius 2 is 1.81 bits per heavy atom. The molecule has 0 spiro atoms. The van der Waals surface area contributed by atoms with Crippen LogP contribution in [0.25, 0.3) is 0 Å². The molecular weight excluding hydrogens is 260 g/mol. The first-order chi connectivity index (χ1) is 10.1. The summed E-state index contributed by atoms with van der Waals surface area (Å²) in [6.45, 7) is 7.32. The van der Waals surface area contributed by atoms with Crippen LogP contribution in [0.5, 0.6) is 0 Å². The number of nitrogens with two attached hydrogens (primary N) is 1. The van der Waals surface area contributed by atoms with Crippen molar-refractivity contribution in [1.29, 1.82) is 0 Å². The van der Waals surface area contributed by atoms with Gasteiger partial charge in [0.1, 0.15) is 18.0 Å². The molecule has 112 valence electrons. The molecule has 0 amide bonds. The fourth-order valence-electron chi connectivity index (χ4n) is 2.47. The molecule has 1 aromatic carbocycles. The lowest BCUT2D eigenvalue weighted by atomic mass is 9.98. The molecule has 21 heavy (non-hydrogen) atoms. The van der Waals surface area contributed by atoms with E-state index in [0.29, 0.717) is 17.7 Å². The number of benzene rings is 1. The number of rotatable bonds is 6. The van der Waals surface area contributed by atoms with Gasteiger partial charge in [-0.15, -0.1) is 0 Å². The first-order valence-electron chi connectivity index (χ1n) is 7.48. The third-order valence-electron chi connectivity index (χ3n) is 3.73. The lowest BCUT2D eigenvalue weighted by molar-refractivity contribution is 0.703. The van der Waals surface area contributed by atoms with E-state index in [2.05, 4.69) is 60.3 Å². The number of nitrogens with one attached hydrogen (secondary N) is 1. The molecule has 0 fully saturated rings. The molecule has 2 rings (SSSR count). The van der Waals surface area contributed by atoms with Crippen LogP contribution in [0.3, 0.4) is 0 Å². The number of hydrogen-bond donors (Lipinski definition) is 2. The van der Waals surface area contributed by atoms with Gasteiger partial charge in [0.25, 0.3) is 0 Å². The van der Waals surface area contributed by atoms with E-state index in [1.54, 1.807) is 0 Å². The molecule has 3 N–H and O–H groups in total. The maximum atomic E-state index is 5.95. The van der Waals surface area contributed by atoms with E-state index >= 15 is 0 Å². The van der Waals surface area contributed by atoms with Crippen molar-refractivity contribution in [2.45, 2.75) is 39.0 Å². The van der Waals surface area contributed by atoms with Crippen molar-refractivity contribution >= 4 is 11.6 Å². The molecule has 2 aromatic rings. The zero-order valence-electron chi connectivity index (χ0n) is 13.0. The average molecular weight is 284 g/mol. The lowest BCUT2D eigenvalue weighted by Gasteiger charge is -2.16. The van der Waals surface area contributed by atoms with Crippen LogP contribution in [0.4, 0.5) is 11.6 Å². The molecule has 1 unspecified atom stereocenters. The van der Waals surface area contributed by atoms with Crippen LogP contribution in [-0.4, -0.2) is 16.5 Å². The minimum absolute atomic E-state index is 0.306. The zero-order valence-corrected chi connectivity index (χ0v) is 13.0. The highest BCUT2D eigenvalue weighted by molar-refractivity contribution is 5.56. The monoisotopic (exact) mass is 284 g/mol. The summed E-state index contributed by atoms with van der Waals surface area (Å²) in [5.41, 5.74) is 8.32. The zero-order chi connectivity index (χ0) is 15.2. The van der Waals surface area contributed by atoms with Crippen LogP contribution in [0.2, 0.25) is 0 Å². The van der Waals surface area contributed by atoms with Gasteiger partial charge in [0.15, 0.2) is 0 Å². The second kappa shape index (κ2) is 7.07. The second-order valence-electron chi connectivity index (χ2n) is 5.70. The van der Waals surface area contributed by atoms with Crippen molar-refractivity contribution in [2.24, 2.45) is 0 Å². The Hall–Kier alpha value is -2.10. The molecule has 4 heteroatoms. The highest BCUT2D eigenvalue weighted by Crippen LogP contribution is 2.26. The number of anilines is 2. The van der Waals surface area contributed by atoms with E-state index in [4.69, 9.17) is 5.73 Å². The molecule has 4 nitrogen and oxygen atoms in total. The SMILES string of the molecule is CC(C)c1c(N)ncnc1NCCC(C)c1ccccc1. The van der Waals surface area contributed by atoms with Gasteiger partial charge < -0.3 is 11.1 Å². The Balaban J connectivity index is 1.97. The largest absolute Gasteiger partial charge is 0.383 e. The highest BCUT2D eigenvalue weighted by atomic mass is 15.0. The molecule has 0 bridgehead atoms. The fraction of sp³-hybridized carbons (Fsp3) is 0.412. The Labute approximate surface area is 126 Å². The highest BCUT2D eigenvalue weighted by Gasteiger charge is 2.13. The maximum absolute atomic E-state index is 5.95. The summed E-state index contributed by atoms with van der Waals surface area (Å²) in [6.07, 6.45) is 2.57. The predicted octanol–water partition coefficient (Wildman–Crippen LogP) is 3.79. The van der Waals surface area contributed by atoms with Gasteiger partial charge in [0.05, 0.1) is 0 Å². The Morgan fingerprint density at radius 3 is 2.48 bits per heavy atom. The summed E-state index contributed by atoms with van der Waals surface area (Å²) in [5.74, 6) is 2.25. The predicted molar refractivity (Wildman–Crippen MR) is 88.5 cm³/mol. The van der Waals surface area contributed by atoms with Crippen molar-refractivity contribution < 1.29 is 0 Å². The van der Waals surface area contributed by atoms with Crippen LogP contribution in [0, 0.1) is 0 Å². The van der Waals surface area contributed by atoms with Crippen LogP contribution in [0.1, 0.15) is 50.2 Å². The first-order valence-corrected chi connectivity index (χ1v) is 7.48. The quantitative estimate of drug-likeness (QED) is 0.847. The van der Waals surface area contributed by atoms with E-state index in [-0.39, 0.29) is 0 Å². The first kappa shape index (κ1) is 15.3. The Kier molecular flexibility index (Phi) is 5.14. The number of aromatic nitrogens is 2. The van der Waals surface area contributed by atoms with Gasteiger partial charge in [-0.05, 0) is 23.8 Å². The van der Waals surface area contributed by atoms with E-state index in [0.717, 1.165) is 24.3 Å². The molecule has 1 atom stereocenters. The van der Waals surface area contributed by atoms with Crippen LogP contribution in [0.15, 0.2) is 36.7 Å². The molecule has 1 heterocycles. The van der Waals surface area contributed by atoms with E-state index in [9.17, 15) is 0 Å². The molecule has 1 aromatic heterocycles. The topological polar surface area (TPSA) is 63.8 Å². The molecule has 0 aliphatic heterocycles. The Morgan fingerprint density at radius 1 is 1.10 bits per heavy atom. The standard InChI is InChI=1S/C17H24N4/c1-12(2)15-16(18)20-11-21-17(15)19-10-9-13(3)14-7-5-4-6-8-14/h4-8,11-13H,9-10H2,1-3H3,(H3,18,19,20,21). The van der Waals surface area contributed by atoms with Crippen LogP contribution >= 0.6 is 0 Å². The average Bonchev–Trinajstić information content (AvgIpc) is 2.47. The number of nitrogen functional groups attached to an aromatic ring is 1. The van der Waals surface area contributed by atoms with Gasteiger partial charge >= 0.3 is 0 Å². The lowest BCUT2D eigenvalue weighted by Crippen LogP contribution is -2.12. The minimum atomic E-state index is 0.306. The van der Waals surface area contributed by atoms with Gasteiger partial charge in [-0.2, -0.15) is 0 Å². The van der Waals surface area contributed by atoms with Crippen molar-refractivity contribution in [3.63, 3.8) is 0 Å². The fourth-order valence-corrected chi connectivity index (χ4v) is 2.47. The molecule has 0 aliphatic carbocycles. The van der Waals surface area contributed by atoms with Crippen molar-refractivity contribution in [3.05, 3.63) is 47.8 Å². The third-order valence-corrected chi connectivity index (χ3v) is 3.73. The molecule has 0 aliphatic rings. The van der Waals surface area contributed by atoms with Gasteiger partial charge in [-0.1, -0.05) is 51.1 Å². The third kappa shape index (κ3) is 3.94. The van der Waals surface area contributed by atoms with E-state index in [1.807, 2.05) is 6.07 Å². The van der Waals surface area contributed by atoms with E-state index in [1.165, 1.54) is 11.9 Å². The second-order valence-corrected chi connectivity index (χ2v) is 5.70. The molecule has 0 saturated carbocycles. The summed E-state index contributed by atoms with van der Waals surface area (Å²) in [7, 11) is 0. The Bertz CT molecular complexity index is 566. The molecular formula is C17H24N4. The minimum Gasteiger partial charge on any atom is -0.383 e. The summed E-state index contributed by atoms with van der Waals surface area (Å²) < 4.78 is 0. The van der Waals surface area contributed by atoms with Crippen molar-refractivity contribution in [2.75, 3.05) is 17.6 Å². The summed E-state index contributed by atoms with van der Waals surface area (Å²) >= 11 is 0. The summed E-state index contributed by atoms with van der Waals surface area (Å²) in [5, 5.41) is 3.40. The normalized spacial score (nSPS) is 12.4. The van der Waals surface area contributed by atoms with E-state index < -0.39 is 0 Å². The number of hydrogen-bond acceptors (Lipinski definition) is 4. The van der Waals surface area contributed by atoms with Crippen molar-refractivity contribution in [1.82, 2.24) is 9.97 Å².